The molecule has 0 saturated heterocycles. The molecule has 0 aliphatic heterocycles. The second-order valence-electron chi connectivity index (χ2n) is 6.44. The molecule has 0 spiro atoms. The number of benzene rings is 1. The van der Waals surface area contributed by atoms with Crippen molar-refractivity contribution in [3.63, 3.8) is 0 Å². The number of pyridine rings is 1. The summed E-state index contributed by atoms with van der Waals surface area (Å²) >= 11 is 0. The molecule has 1 N–H and O–H groups in total. The summed E-state index contributed by atoms with van der Waals surface area (Å²) in [6, 6.07) is 8.87. The van der Waals surface area contributed by atoms with Crippen LogP contribution in [-0.2, 0) is 11.8 Å². The van der Waals surface area contributed by atoms with Gasteiger partial charge < -0.3 is 5.32 Å². The molecule has 0 bridgehead atoms. The van der Waals surface area contributed by atoms with E-state index >= 15 is 0 Å². The second-order valence-corrected chi connectivity index (χ2v) is 6.44. The fraction of sp³-hybridized carbons (Fsp3) is 0.500. The molecule has 1 aromatic heterocycles. The van der Waals surface area contributed by atoms with Gasteiger partial charge >= 0.3 is 0 Å². The van der Waals surface area contributed by atoms with Crippen molar-refractivity contribution in [2.45, 2.75) is 52.9 Å². The molecule has 0 fully saturated rings. The first-order valence-electron chi connectivity index (χ1n) is 7.63. The normalized spacial score (nSPS) is 11.8. The average molecular weight is 270 g/mol. The first kappa shape index (κ1) is 14.8. The van der Waals surface area contributed by atoms with Gasteiger partial charge in [-0.15, -0.1) is 0 Å². The molecule has 1 aromatic carbocycles. The maximum Gasteiger partial charge on any atom is 0.0726 e. The Balaban J connectivity index is 2.61. The van der Waals surface area contributed by atoms with Crippen LogP contribution >= 0.6 is 0 Å². The zero-order valence-corrected chi connectivity index (χ0v) is 13.4. The van der Waals surface area contributed by atoms with Crippen LogP contribution in [0.25, 0.3) is 10.9 Å². The number of hydrogen-bond acceptors (Lipinski definition) is 2. The molecule has 0 aliphatic rings. The summed E-state index contributed by atoms with van der Waals surface area (Å²) in [5.74, 6) is 0. The summed E-state index contributed by atoms with van der Waals surface area (Å²) in [6.07, 6.45) is 2.30. The van der Waals surface area contributed by atoms with E-state index in [0.29, 0.717) is 0 Å². The van der Waals surface area contributed by atoms with Crippen LogP contribution in [0, 0.1) is 0 Å². The maximum absolute atomic E-state index is 4.85. The van der Waals surface area contributed by atoms with Gasteiger partial charge in [-0.05, 0) is 37.1 Å². The van der Waals surface area contributed by atoms with Crippen LogP contribution in [0.1, 0.15) is 52.3 Å². The quantitative estimate of drug-likeness (QED) is 0.853. The number of rotatable bonds is 4. The van der Waals surface area contributed by atoms with Gasteiger partial charge in [0.25, 0.3) is 0 Å². The number of aryl methyl sites for hydroxylation is 1. The Hall–Kier alpha value is -1.57. The molecule has 0 aliphatic carbocycles. The molecule has 108 valence electrons. The molecule has 0 atom stereocenters. The molecule has 0 unspecified atom stereocenters. The Labute approximate surface area is 122 Å². The summed E-state index contributed by atoms with van der Waals surface area (Å²) in [4.78, 5) is 4.85. The predicted octanol–water partition coefficient (Wildman–Crippen LogP) is 4.92. The molecule has 0 radical (unpaired) electrons. The van der Waals surface area contributed by atoms with E-state index in [4.69, 9.17) is 4.98 Å². The van der Waals surface area contributed by atoms with Gasteiger partial charge in [0.05, 0.1) is 5.52 Å². The van der Waals surface area contributed by atoms with Gasteiger partial charge in [0, 0.05) is 28.7 Å². The number of fused-ring (bicyclic) bond motifs is 1. The minimum Gasteiger partial charge on any atom is -0.385 e. The van der Waals surface area contributed by atoms with E-state index in [9.17, 15) is 0 Å². The van der Waals surface area contributed by atoms with Crippen LogP contribution in [0.15, 0.2) is 24.3 Å². The number of nitrogens with zero attached hydrogens (tertiary/aromatic N) is 1. The lowest BCUT2D eigenvalue weighted by molar-refractivity contribution is 0.572. The number of aromatic nitrogens is 1. The van der Waals surface area contributed by atoms with Gasteiger partial charge in [-0.1, -0.05) is 40.2 Å². The molecule has 2 aromatic rings. The summed E-state index contributed by atoms with van der Waals surface area (Å²) in [5, 5.41) is 4.73. The summed E-state index contributed by atoms with van der Waals surface area (Å²) in [6.45, 7) is 11.9. The van der Waals surface area contributed by atoms with Crippen LogP contribution < -0.4 is 5.32 Å². The van der Waals surface area contributed by atoms with E-state index in [0.717, 1.165) is 24.2 Å². The lowest BCUT2D eigenvalue weighted by Gasteiger charge is -2.20. The van der Waals surface area contributed by atoms with Crippen molar-refractivity contribution in [2.75, 3.05) is 11.9 Å². The number of anilines is 1. The molecule has 1 heterocycles. The lowest BCUT2D eigenvalue weighted by Crippen LogP contribution is -2.14. The highest BCUT2D eigenvalue weighted by Crippen LogP contribution is 2.30. The van der Waals surface area contributed by atoms with Gasteiger partial charge in [0.1, 0.15) is 0 Å². The SMILES string of the molecule is CCCc1ccc2nc(C(C)(C)C)cc(NCC)c2c1. The molecule has 2 nitrogen and oxygen atoms in total. The first-order chi connectivity index (χ1) is 9.45. The summed E-state index contributed by atoms with van der Waals surface area (Å²) < 4.78 is 0. The maximum atomic E-state index is 4.85. The van der Waals surface area contributed by atoms with E-state index in [1.165, 1.54) is 23.1 Å². The van der Waals surface area contributed by atoms with Crippen LogP contribution in [0.4, 0.5) is 5.69 Å². The molecular weight excluding hydrogens is 244 g/mol. The lowest BCUT2D eigenvalue weighted by atomic mass is 9.90. The number of hydrogen-bond donors (Lipinski definition) is 1. The van der Waals surface area contributed by atoms with E-state index in [2.05, 4.69) is 64.2 Å². The molecule has 0 saturated carbocycles. The van der Waals surface area contributed by atoms with Gasteiger partial charge in [-0.3, -0.25) is 4.98 Å². The van der Waals surface area contributed by atoms with E-state index in [1.807, 2.05) is 0 Å². The van der Waals surface area contributed by atoms with Crippen LogP contribution in [0.2, 0.25) is 0 Å². The average Bonchev–Trinajstić information content (AvgIpc) is 2.38. The van der Waals surface area contributed by atoms with E-state index in [1.54, 1.807) is 0 Å². The fourth-order valence-corrected chi connectivity index (χ4v) is 2.44. The van der Waals surface area contributed by atoms with Crippen molar-refractivity contribution in [1.29, 1.82) is 0 Å². The van der Waals surface area contributed by atoms with Gasteiger partial charge in [0.15, 0.2) is 0 Å². The third-order valence-corrected chi connectivity index (χ3v) is 3.55. The Bertz CT molecular complexity index is 594. The highest BCUT2D eigenvalue weighted by atomic mass is 14.9. The van der Waals surface area contributed by atoms with Crippen molar-refractivity contribution >= 4 is 16.6 Å². The zero-order valence-electron chi connectivity index (χ0n) is 13.4. The van der Waals surface area contributed by atoms with Gasteiger partial charge in [-0.2, -0.15) is 0 Å². The van der Waals surface area contributed by atoms with Gasteiger partial charge in [-0.25, -0.2) is 0 Å². The van der Waals surface area contributed by atoms with Crippen molar-refractivity contribution < 1.29 is 0 Å². The third-order valence-electron chi connectivity index (χ3n) is 3.55. The molecule has 0 amide bonds. The standard InChI is InChI=1S/C18H26N2/c1-6-8-13-9-10-15-14(11-13)16(19-7-2)12-17(20-15)18(3,4)5/h9-12H,6-8H2,1-5H3,(H,19,20). The minimum atomic E-state index is 0.0699. The Kier molecular flexibility index (Phi) is 4.32. The third kappa shape index (κ3) is 3.12. The van der Waals surface area contributed by atoms with Crippen LogP contribution in [0.5, 0.6) is 0 Å². The van der Waals surface area contributed by atoms with Crippen molar-refractivity contribution in [3.05, 3.63) is 35.5 Å². The summed E-state index contributed by atoms with van der Waals surface area (Å²) in [7, 11) is 0. The highest BCUT2D eigenvalue weighted by Gasteiger charge is 2.17. The van der Waals surface area contributed by atoms with Crippen LogP contribution in [-0.4, -0.2) is 11.5 Å². The first-order valence-corrected chi connectivity index (χ1v) is 7.63. The minimum absolute atomic E-state index is 0.0699. The molecule has 2 rings (SSSR count). The zero-order chi connectivity index (χ0) is 14.8. The Morgan fingerprint density at radius 1 is 1.10 bits per heavy atom. The Morgan fingerprint density at radius 2 is 1.85 bits per heavy atom. The van der Waals surface area contributed by atoms with Crippen molar-refractivity contribution in [2.24, 2.45) is 0 Å². The highest BCUT2D eigenvalue weighted by molar-refractivity contribution is 5.92. The van der Waals surface area contributed by atoms with E-state index < -0.39 is 0 Å². The topological polar surface area (TPSA) is 24.9 Å². The van der Waals surface area contributed by atoms with Crippen molar-refractivity contribution in [3.8, 4) is 0 Å². The monoisotopic (exact) mass is 270 g/mol. The largest absolute Gasteiger partial charge is 0.385 e. The molecule has 2 heteroatoms. The molecular formula is C18H26N2. The molecule has 20 heavy (non-hydrogen) atoms. The Morgan fingerprint density at radius 3 is 2.45 bits per heavy atom. The summed E-state index contributed by atoms with van der Waals surface area (Å²) in [5.41, 5.74) is 4.91. The fourth-order valence-electron chi connectivity index (χ4n) is 2.44. The van der Waals surface area contributed by atoms with Crippen molar-refractivity contribution in [1.82, 2.24) is 4.98 Å². The van der Waals surface area contributed by atoms with E-state index in [-0.39, 0.29) is 5.41 Å². The predicted molar refractivity (Wildman–Crippen MR) is 88.6 cm³/mol. The number of nitrogens with one attached hydrogen (secondary N) is 1. The smallest absolute Gasteiger partial charge is 0.0726 e. The van der Waals surface area contributed by atoms with Gasteiger partial charge in [0.2, 0.25) is 0 Å². The second kappa shape index (κ2) is 5.82. The van der Waals surface area contributed by atoms with Crippen LogP contribution in [0.3, 0.4) is 0 Å².